The largest absolute Gasteiger partial charge is 0.480 e. The van der Waals surface area contributed by atoms with Gasteiger partial charge in [-0.15, -0.1) is 0 Å². The van der Waals surface area contributed by atoms with E-state index in [-0.39, 0.29) is 46.3 Å². The maximum absolute atomic E-state index is 13.2. The molecule has 12 nitrogen and oxygen atoms in total. The van der Waals surface area contributed by atoms with Crippen molar-refractivity contribution in [1.29, 1.82) is 5.26 Å². The summed E-state index contributed by atoms with van der Waals surface area (Å²) >= 11 is 13.1. The first-order valence-electron chi connectivity index (χ1n) is 13.3. The summed E-state index contributed by atoms with van der Waals surface area (Å²) in [5.74, 6) is -1.56. The lowest BCUT2D eigenvalue weighted by Gasteiger charge is -2.30. The van der Waals surface area contributed by atoms with E-state index < -0.39 is 17.9 Å². The van der Waals surface area contributed by atoms with Crippen molar-refractivity contribution in [3.05, 3.63) is 63.0 Å². The van der Waals surface area contributed by atoms with Gasteiger partial charge >= 0.3 is 5.97 Å². The summed E-state index contributed by atoms with van der Waals surface area (Å²) in [6.45, 7) is 3.62. The molecule has 3 N–H and O–H groups in total. The third-order valence-corrected chi connectivity index (χ3v) is 8.06. The van der Waals surface area contributed by atoms with Crippen LogP contribution in [0.2, 0.25) is 10.0 Å². The van der Waals surface area contributed by atoms with Gasteiger partial charge in [0.2, 0.25) is 11.7 Å². The predicted molar refractivity (Wildman–Crippen MR) is 154 cm³/mol. The number of pyridine rings is 1. The van der Waals surface area contributed by atoms with E-state index in [0.29, 0.717) is 54.2 Å². The molecule has 0 saturated carbocycles. The summed E-state index contributed by atoms with van der Waals surface area (Å²) in [6.07, 6.45) is 4.67. The number of rotatable bonds is 6. The van der Waals surface area contributed by atoms with Crippen LogP contribution in [0.5, 0.6) is 0 Å². The van der Waals surface area contributed by atoms with Crippen LogP contribution >= 0.6 is 23.2 Å². The number of hydrogen-bond acceptors (Lipinski definition) is 7. The normalized spacial score (nSPS) is 17.5. The number of aliphatic carboxylic acids is 1. The molecule has 2 aliphatic heterocycles. The first-order valence-corrected chi connectivity index (χ1v) is 14.0. The number of guanidine groups is 1. The number of carbonyl (C=O) groups is 3. The van der Waals surface area contributed by atoms with Crippen molar-refractivity contribution in [2.45, 2.75) is 32.4 Å². The molecule has 1 saturated heterocycles. The van der Waals surface area contributed by atoms with Gasteiger partial charge in [0.1, 0.15) is 6.04 Å². The Kier molecular flexibility index (Phi) is 8.51. The first kappa shape index (κ1) is 29.2. The van der Waals surface area contributed by atoms with E-state index in [4.69, 9.17) is 32.9 Å². The molecule has 1 fully saturated rings. The summed E-state index contributed by atoms with van der Waals surface area (Å²) in [5.41, 5.74) is 1.63. The minimum Gasteiger partial charge on any atom is -0.480 e. The van der Waals surface area contributed by atoms with E-state index in [0.717, 1.165) is 6.42 Å². The maximum atomic E-state index is 13.2. The molecule has 2 atom stereocenters. The van der Waals surface area contributed by atoms with E-state index in [1.54, 1.807) is 35.4 Å². The third-order valence-electron chi connectivity index (χ3n) is 7.34. The van der Waals surface area contributed by atoms with Crippen molar-refractivity contribution in [3.63, 3.8) is 0 Å². The zero-order chi connectivity index (χ0) is 30.0. The van der Waals surface area contributed by atoms with Crippen molar-refractivity contribution >= 4 is 58.0 Å². The second kappa shape index (κ2) is 12.3. The zero-order valence-electron chi connectivity index (χ0n) is 22.6. The van der Waals surface area contributed by atoms with Gasteiger partial charge in [-0.25, -0.2) is 14.8 Å². The Morgan fingerprint density at radius 1 is 1.29 bits per heavy atom. The van der Waals surface area contributed by atoms with Gasteiger partial charge in [0, 0.05) is 37.8 Å². The highest BCUT2D eigenvalue weighted by Crippen LogP contribution is 2.35. The lowest BCUT2D eigenvalue weighted by atomic mass is 9.96. The Hall–Kier alpha value is -4.34. The average molecular weight is 612 g/mol. The molecule has 2 aliphatic rings. The van der Waals surface area contributed by atoms with Crippen LogP contribution in [-0.4, -0.2) is 75.9 Å². The molecule has 2 amide bonds. The standard InChI is InChI=1S/C28H27Cl2N7O5/c1-15-4-7-37(12-15)28(34-14-31)33-11-20(27(40)41)35-24(38)22-19(29)9-17-13-36(8-5-18(17)23(22)30)26(39)21-10-16-3-2-6-32-25(16)42-21/h2-3,6,9-10,15,20H,4-5,7-8,11-13H2,1H3,(H,33,34)(H,35,38)(H,40,41)/t15-,20-/m0/s1. The van der Waals surface area contributed by atoms with Gasteiger partial charge in [-0.1, -0.05) is 30.1 Å². The Morgan fingerprint density at radius 2 is 2.10 bits per heavy atom. The highest BCUT2D eigenvalue weighted by atomic mass is 35.5. The number of aromatic nitrogens is 1. The number of aliphatic imine (C=N–C) groups is 1. The van der Waals surface area contributed by atoms with Crippen molar-refractivity contribution in [3.8, 4) is 6.19 Å². The number of carbonyl (C=O) groups excluding carboxylic acids is 2. The van der Waals surface area contributed by atoms with Gasteiger partial charge in [-0.2, -0.15) is 5.26 Å². The number of fused-ring (bicyclic) bond motifs is 2. The summed E-state index contributed by atoms with van der Waals surface area (Å²) in [5, 5.41) is 24.7. The first-order chi connectivity index (χ1) is 20.2. The Labute approximate surface area is 250 Å². The van der Waals surface area contributed by atoms with Crippen molar-refractivity contribution < 1.29 is 23.9 Å². The molecule has 0 radical (unpaired) electrons. The number of nitrogens with one attached hydrogen (secondary N) is 2. The number of nitrogens with zero attached hydrogens (tertiary/aromatic N) is 5. The molecule has 14 heteroatoms. The number of halogens is 2. The van der Waals surface area contributed by atoms with Gasteiger partial charge in [0.05, 0.1) is 22.2 Å². The van der Waals surface area contributed by atoms with Crippen LogP contribution in [-0.2, 0) is 17.8 Å². The summed E-state index contributed by atoms with van der Waals surface area (Å²) in [6, 6.07) is 5.36. The van der Waals surface area contributed by atoms with Crippen molar-refractivity contribution in [2.75, 3.05) is 26.2 Å². The molecule has 0 spiro atoms. The quantitative estimate of drug-likeness (QED) is 0.164. The monoisotopic (exact) mass is 611 g/mol. The van der Waals surface area contributed by atoms with E-state index in [1.807, 2.05) is 11.1 Å². The Bertz CT molecular complexity index is 1600. The topological polar surface area (TPSA) is 164 Å². The minimum absolute atomic E-state index is 0.0176. The van der Waals surface area contributed by atoms with Crippen LogP contribution in [0.25, 0.3) is 11.1 Å². The summed E-state index contributed by atoms with van der Waals surface area (Å²) in [7, 11) is 0. The predicted octanol–water partition coefficient (Wildman–Crippen LogP) is 3.28. The second-order valence-corrected chi connectivity index (χ2v) is 11.1. The number of hydrogen-bond donors (Lipinski definition) is 3. The van der Waals surface area contributed by atoms with Gasteiger partial charge in [0.25, 0.3) is 11.8 Å². The van der Waals surface area contributed by atoms with Crippen LogP contribution in [0, 0.1) is 17.4 Å². The fraction of sp³-hybridized carbons (Fsp3) is 0.357. The van der Waals surface area contributed by atoms with E-state index in [2.05, 4.69) is 27.5 Å². The van der Waals surface area contributed by atoms with E-state index in [9.17, 15) is 19.5 Å². The second-order valence-electron chi connectivity index (χ2n) is 10.3. The molecule has 2 aromatic heterocycles. The van der Waals surface area contributed by atoms with Crippen LogP contribution in [0.3, 0.4) is 0 Å². The van der Waals surface area contributed by atoms with Gasteiger partial charge in [-0.05, 0) is 54.2 Å². The smallest absolute Gasteiger partial charge is 0.328 e. The highest BCUT2D eigenvalue weighted by molar-refractivity contribution is 6.40. The average Bonchev–Trinajstić information content (AvgIpc) is 3.60. The van der Waals surface area contributed by atoms with Gasteiger partial charge < -0.3 is 24.6 Å². The van der Waals surface area contributed by atoms with Crippen LogP contribution < -0.4 is 10.6 Å². The number of benzene rings is 1. The molecule has 1 aromatic carbocycles. The molecular weight excluding hydrogens is 585 g/mol. The summed E-state index contributed by atoms with van der Waals surface area (Å²) < 4.78 is 5.62. The van der Waals surface area contributed by atoms with Gasteiger partial charge in [-0.3, -0.25) is 14.9 Å². The molecule has 0 unspecified atom stereocenters. The highest BCUT2D eigenvalue weighted by Gasteiger charge is 2.31. The molecule has 42 heavy (non-hydrogen) atoms. The number of carboxylic acid groups (broad SMARTS) is 1. The zero-order valence-corrected chi connectivity index (χ0v) is 24.1. The maximum Gasteiger partial charge on any atom is 0.328 e. The lowest BCUT2D eigenvalue weighted by molar-refractivity contribution is -0.138. The number of amides is 2. The van der Waals surface area contributed by atoms with E-state index in [1.165, 1.54) is 0 Å². The third kappa shape index (κ3) is 5.98. The van der Waals surface area contributed by atoms with Crippen molar-refractivity contribution in [1.82, 2.24) is 25.4 Å². The molecule has 4 heterocycles. The van der Waals surface area contributed by atoms with Gasteiger partial charge in [0.15, 0.2) is 12.0 Å². The molecule has 218 valence electrons. The number of nitriles is 1. The van der Waals surface area contributed by atoms with Crippen molar-refractivity contribution in [2.24, 2.45) is 10.9 Å². The number of likely N-dealkylation sites (tertiary alicyclic amines) is 1. The SMILES string of the molecule is C[C@H]1CCN(C(=NC[C@H](NC(=O)c2c(Cl)cc3c(c2Cl)CCN(C(=O)c2cc4cccnc4o2)C3)C(=O)O)NC#N)C1. The fourth-order valence-electron chi connectivity index (χ4n) is 5.16. The van der Waals surface area contributed by atoms with E-state index >= 15 is 0 Å². The van der Waals surface area contributed by atoms with Crippen LogP contribution in [0.4, 0.5) is 0 Å². The minimum atomic E-state index is -1.40. The number of furan rings is 1. The summed E-state index contributed by atoms with van der Waals surface area (Å²) in [4.78, 5) is 50.2. The molecule has 0 bridgehead atoms. The molecule has 0 aliphatic carbocycles. The van der Waals surface area contributed by atoms with Crippen LogP contribution in [0.1, 0.15) is 45.4 Å². The molecule has 3 aromatic rings. The Balaban J connectivity index is 1.31. The fourth-order valence-corrected chi connectivity index (χ4v) is 5.92. The Morgan fingerprint density at radius 3 is 2.79 bits per heavy atom. The van der Waals surface area contributed by atoms with Crippen LogP contribution in [0.15, 0.2) is 39.9 Å². The molecular formula is C28H27Cl2N7O5. The lowest BCUT2D eigenvalue weighted by Crippen LogP contribution is -2.45. The molecule has 5 rings (SSSR count). The number of carboxylic acids is 1.